The fourth-order valence-corrected chi connectivity index (χ4v) is 4.51. The van der Waals surface area contributed by atoms with Crippen molar-refractivity contribution < 1.29 is 13.2 Å². The summed E-state index contributed by atoms with van der Waals surface area (Å²) in [4.78, 5) is 12.7. The molecule has 0 aliphatic rings. The van der Waals surface area contributed by atoms with Crippen molar-refractivity contribution >= 4 is 45.0 Å². The number of sulfonamides is 1. The zero-order valence-corrected chi connectivity index (χ0v) is 18.6. The summed E-state index contributed by atoms with van der Waals surface area (Å²) in [5.74, 6) is -0.0138. The number of anilines is 1. The minimum atomic E-state index is -3.71. The molecule has 2 aromatic carbocycles. The first-order chi connectivity index (χ1) is 14.2. The average Bonchev–Trinajstić information content (AvgIpc) is 3.10. The number of aromatic nitrogens is 2. The van der Waals surface area contributed by atoms with Crippen LogP contribution in [0.1, 0.15) is 29.8 Å². The SMILES string of the molecule is CC(C)NS(=O)(=O)c1cccc(C(=O)Nc2ccnn2Cc2ccc(Cl)cc2Cl)c1. The van der Waals surface area contributed by atoms with Gasteiger partial charge in [0.05, 0.1) is 17.6 Å². The fourth-order valence-electron chi connectivity index (χ4n) is 2.75. The summed E-state index contributed by atoms with van der Waals surface area (Å²) < 4.78 is 28.8. The van der Waals surface area contributed by atoms with E-state index in [0.29, 0.717) is 22.4 Å². The highest BCUT2D eigenvalue weighted by molar-refractivity contribution is 7.89. The van der Waals surface area contributed by atoms with Crippen LogP contribution >= 0.6 is 23.2 Å². The summed E-state index contributed by atoms with van der Waals surface area (Å²) in [7, 11) is -3.71. The van der Waals surface area contributed by atoms with Gasteiger partial charge in [0.1, 0.15) is 5.82 Å². The molecule has 30 heavy (non-hydrogen) atoms. The van der Waals surface area contributed by atoms with Crippen molar-refractivity contribution in [3.63, 3.8) is 0 Å². The van der Waals surface area contributed by atoms with E-state index in [1.165, 1.54) is 18.2 Å². The first-order valence-corrected chi connectivity index (χ1v) is 11.3. The summed E-state index contributed by atoms with van der Waals surface area (Å²) in [6.07, 6.45) is 1.55. The van der Waals surface area contributed by atoms with Gasteiger partial charge in [-0.1, -0.05) is 35.3 Å². The van der Waals surface area contributed by atoms with Crippen LogP contribution in [0.25, 0.3) is 0 Å². The molecule has 0 atom stereocenters. The van der Waals surface area contributed by atoms with Gasteiger partial charge < -0.3 is 5.32 Å². The minimum absolute atomic E-state index is 0.0188. The highest BCUT2D eigenvalue weighted by Crippen LogP contribution is 2.23. The summed E-state index contributed by atoms with van der Waals surface area (Å²) in [6, 6.07) is 12.4. The molecule has 1 amide bonds. The lowest BCUT2D eigenvalue weighted by molar-refractivity contribution is 0.102. The van der Waals surface area contributed by atoms with Gasteiger partial charge in [-0.3, -0.25) is 4.79 Å². The van der Waals surface area contributed by atoms with E-state index in [-0.39, 0.29) is 16.5 Å². The molecule has 0 saturated heterocycles. The van der Waals surface area contributed by atoms with E-state index in [4.69, 9.17) is 23.2 Å². The van der Waals surface area contributed by atoms with E-state index in [0.717, 1.165) is 5.56 Å². The van der Waals surface area contributed by atoms with Gasteiger partial charge >= 0.3 is 0 Å². The predicted octanol–water partition coefficient (Wildman–Crippen LogP) is 4.18. The lowest BCUT2D eigenvalue weighted by Gasteiger charge is -2.12. The van der Waals surface area contributed by atoms with E-state index >= 15 is 0 Å². The Hall–Kier alpha value is -2.39. The monoisotopic (exact) mass is 466 g/mol. The number of nitrogens with one attached hydrogen (secondary N) is 2. The molecular formula is C20H20Cl2N4O3S. The first kappa shape index (κ1) is 22.3. The summed E-state index contributed by atoms with van der Waals surface area (Å²) in [5, 5.41) is 7.99. The highest BCUT2D eigenvalue weighted by Gasteiger charge is 2.18. The molecule has 0 aliphatic heterocycles. The van der Waals surface area contributed by atoms with Crippen molar-refractivity contribution in [2.24, 2.45) is 0 Å². The molecular weight excluding hydrogens is 447 g/mol. The number of amides is 1. The number of hydrogen-bond donors (Lipinski definition) is 2. The molecule has 3 rings (SSSR count). The maximum absolute atomic E-state index is 12.7. The number of benzene rings is 2. The molecule has 2 N–H and O–H groups in total. The zero-order chi connectivity index (χ0) is 21.9. The van der Waals surface area contributed by atoms with E-state index in [9.17, 15) is 13.2 Å². The van der Waals surface area contributed by atoms with Crippen LogP contribution in [0.2, 0.25) is 10.0 Å². The van der Waals surface area contributed by atoms with Crippen LogP contribution in [-0.2, 0) is 16.6 Å². The van der Waals surface area contributed by atoms with Gasteiger partial charge in [0, 0.05) is 27.7 Å². The van der Waals surface area contributed by atoms with Crippen molar-refractivity contribution in [1.29, 1.82) is 0 Å². The van der Waals surface area contributed by atoms with Crippen molar-refractivity contribution in [3.8, 4) is 0 Å². The second kappa shape index (κ2) is 9.18. The number of nitrogens with zero attached hydrogens (tertiary/aromatic N) is 2. The fraction of sp³-hybridized carbons (Fsp3) is 0.200. The standard InChI is InChI=1S/C20H20Cl2N4O3S/c1-13(2)25-30(28,29)17-5-3-4-14(10-17)20(27)24-19-8-9-23-26(19)12-15-6-7-16(21)11-18(15)22/h3-11,13,25H,12H2,1-2H3,(H,24,27). The maximum Gasteiger partial charge on any atom is 0.256 e. The molecule has 7 nitrogen and oxygen atoms in total. The summed E-state index contributed by atoms with van der Waals surface area (Å²) >= 11 is 12.1. The molecule has 0 radical (unpaired) electrons. The Morgan fingerprint density at radius 2 is 1.90 bits per heavy atom. The molecule has 10 heteroatoms. The molecule has 0 saturated carbocycles. The molecule has 1 aromatic heterocycles. The maximum atomic E-state index is 12.7. The topological polar surface area (TPSA) is 93.1 Å². The van der Waals surface area contributed by atoms with Crippen molar-refractivity contribution in [3.05, 3.63) is 75.9 Å². The molecule has 0 bridgehead atoms. The van der Waals surface area contributed by atoms with Crippen LogP contribution in [0.3, 0.4) is 0 Å². The van der Waals surface area contributed by atoms with Crippen molar-refractivity contribution in [2.75, 3.05) is 5.32 Å². The summed E-state index contributed by atoms with van der Waals surface area (Å²) in [5.41, 5.74) is 0.993. The van der Waals surface area contributed by atoms with Crippen LogP contribution in [-0.4, -0.2) is 30.1 Å². The van der Waals surface area contributed by atoms with Crippen LogP contribution < -0.4 is 10.0 Å². The van der Waals surface area contributed by atoms with E-state index in [1.54, 1.807) is 55.1 Å². The van der Waals surface area contributed by atoms with Gasteiger partial charge in [-0.25, -0.2) is 17.8 Å². The van der Waals surface area contributed by atoms with Gasteiger partial charge in [0.2, 0.25) is 10.0 Å². The first-order valence-electron chi connectivity index (χ1n) is 9.05. The second-order valence-corrected chi connectivity index (χ2v) is 9.43. The Labute approximate surface area is 185 Å². The van der Waals surface area contributed by atoms with E-state index < -0.39 is 15.9 Å². The third-order valence-electron chi connectivity index (χ3n) is 4.09. The Kier molecular flexibility index (Phi) is 6.82. The Balaban J connectivity index is 1.79. The van der Waals surface area contributed by atoms with Crippen molar-refractivity contribution in [2.45, 2.75) is 31.3 Å². The Morgan fingerprint density at radius 3 is 2.60 bits per heavy atom. The Bertz CT molecular complexity index is 1180. The third-order valence-corrected chi connectivity index (χ3v) is 6.33. The summed E-state index contributed by atoms with van der Waals surface area (Å²) in [6.45, 7) is 3.77. The van der Waals surface area contributed by atoms with Gasteiger partial charge in [-0.2, -0.15) is 5.10 Å². The van der Waals surface area contributed by atoms with E-state index in [2.05, 4.69) is 15.1 Å². The largest absolute Gasteiger partial charge is 0.307 e. The second-order valence-electron chi connectivity index (χ2n) is 6.87. The zero-order valence-electron chi connectivity index (χ0n) is 16.3. The van der Waals surface area contributed by atoms with Crippen LogP contribution in [0, 0.1) is 0 Å². The normalized spacial score (nSPS) is 11.6. The quantitative estimate of drug-likeness (QED) is 0.545. The van der Waals surface area contributed by atoms with Crippen molar-refractivity contribution in [1.82, 2.24) is 14.5 Å². The molecule has 1 heterocycles. The molecule has 0 aliphatic carbocycles. The lowest BCUT2D eigenvalue weighted by Crippen LogP contribution is -2.30. The van der Waals surface area contributed by atoms with Gasteiger partial charge in [0.25, 0.3) is 5.91 Å². The lowest BCUT2D eigenvalue weighted by atomic mass is 10.2. The molecule has 0 unspecified atom stereocenters. The van der Waals surface area contributed by atoms with Crippen LogP contribution in [0.5, 0.6) is 0 Å². The average molecular weight is 467 g/mol. The number of rotatable bonds is 7. The van der Waals surface area contributed by atoms with Gasteiger partial charge in [-0.15, -0.1) is 0 Å². The van der Waals surface area contributed by atoms with Gasteiger partial charge in [0.15, 0.2) is 0 Å². The Morgan fingerprint density at radius 1 is 1.13 bits per heavy atom. The molecule has 0 fully saturated rings. The number of carbonyl (C=O) groups excluding carboxylic acids is 1. The number of halogens is 2. The van der Waals surface area contributed by atoms with Crippen LogP contribution in [0.15, 0.2) is 59.6 Å². The third kappa shape index (κ3) is 5.40. The number of hydrogen-bond acceptors (Lipinski definition) is 4. The smallest absolute Gasteiger partial charge is 0.256 e. The van der Waals surface area contributed by atoms with Gasteiger partial charge in [-0.05, 0) is 49.7 Å². The predicted molar refractivity (Wildman–Crippen MR) is 118 cm³/mol. The number of carbonyl (C=O) groups is 1. The molecule has 0 spiro atoms. The minimum Gasteiger partial charge on any atom is -0.307 e. The highest BCUT2D eigenvalue weighted by atomic mass is 35.5. The molecule has 3 aromatic rings. The van der Waals surface area contributed by atoms with Crippen LogP contribution in [0.4, 0.5) is 5.82 Å². The van der Waals surface area contributed by atoms with E-state index in [1.807, 2.05) is 0 Å². The molecule has 158 valence electrons.